The second-order valence-corrected chi connectivity index (χ2v) is 11.7. The van der Waals surface area contributed by atoms with Crippen molar-refractivity contribution in [1.82, 2.24) is 0 Å². The van der Waals surface area contributed by atoms with E-state index in [4.69, 9.17) is 0 Å². The average molecular weight is 234 g/mol. The molecule has 2 aliphatic rings. The molecule has 0 aliphatic heterocycles. The summed E-state index contributed by atoms with van der Waals surface area (Å²) in [5.41, 5.74) is 0.186. The van der Waals surface area contributed by atoms with Gasteiger partial charge in [-0.2, -0.15) is 0 Å². The van der Waals surface area contributed by atoms with Gasteiger partial charge in [0, 0.05) is 11.5 Å². The SMILES string of the molecule is C/C=C\[C@]1([Si](C)(C)C)[C@H]2CCC[C@]21C=C=O. The minimum absolute atomic E-state index is 0.186. The van der Waals surface area contributed by atoms with Crippen molar-refractivity contribution >= 4 is 14.0 Å². The molecule has 0 unspecified atom stereocenters. The van der Waals surface area contributed by atoms with Crippen LogP contribution in [0.25, 0.3) is 0 Å². The highest BCUT2D eigenvalue weighted by Gasteiger charge is 2.79. The van der Waals surface area contributed by atoms with Crippen LogP contribution in [-0.2, 0) is 4.79 Å². The van der Waals surface area contributed by atoms with E-state index in [-0.39, 0.29) is 5.41 Å². The van der Waals surface area contributed by atoms with Crippen molar-refractivity contribution < 1.29 is 4.79 Å². The lowest BCUT2D eigenvalue weighted by atomic mass is 9.99. The molecule has 16 heavy (non-hydrogen) atoms. The summed E-state index contributed by atoms with van der Waals surface area (Å²) in [5.74, 6) is 2.82. The molecule has 0 spiro atoms. The zero-order valence-electron chi connectivity index (χ0n) is 10.8. The Kier molecular flexibility index (Phi) is 2.56. The molecule has 2 saturated carbocycles. The summed E-state index contributed by atoms with van der Waals surface area (Å²) in [5, 5.41) is 0.338. The molecule has 88 valence electrons. The number of hydrogen-bond donors (Lipinski definition) is 0. The second-order valence-electron chi connectivity index (χ2n) is 6.37. The fraction of sp³-hybridized carbons (Fsp3) is 0.714. The van der Waals surface area contributed by atoms with Crippen LogP contribution < -0.4 is 0 Å². The van der Waals surface area contributed by atoms with Crippen LogP contribution in [0.5, 0.6) is 0 Å². The van der Waals surface area contributed by atoms with Crippen LogP contribution >= 0.6 is 0 Å². The molecule has 1 nitrogen and oxygen atoms in total. The Hall–Kier alpha value is -0.593. The van der Waals surface area contributed by atoms with Crippen LogP contribution in [-0.4, -0.2) is 14.0 Å². The van der Waals surface area contributed by atoms with Gasteiger partial charge in [-0.05, 0) is 30.7 Å². The lowest BCUT2D eigenvalue weighted by Gasteiger charge is -2.33. The van der Waals surface area contributed by atoms with Crippen LogP contribution in [0.1, 0.15) is 26.2 Å². The summed E-state index contributed by atoms with van der Waals surface area (Å²) in [6.07, 6.45) is 10.2. The van der Waals surface area contributed by atoms with E-state index < -0.39 is 8.07 Å². The van der Waals surface area contributed by atoms with Gasteiger partial charge >= 0.3 is 0 Å². The van der Waals surface area contributed by atoms with Crippen molar-refractivity contribution in [3.05, 3.63) is 18.2 Å². The van der Waals surface area contributed by atoms with Gasteiger partial charge in [-0.25, -0.2) is 4.79 Å². The molecule has 0 amide bonds. The van der Waals surface area contributed by atoms with Crippen LogP contribution in [0.15, 0.2) is 18.2 Å². The van der Waals surface area contributed by atoms with E-state index >= 15 is 0 Å². The predicted molar refractivity (Wildman–Crippen MR) is 70.9 cm³/mol. The highest BCUT2D eigenvalue weighted by molar-refractivity contribution is 6.81. The Morgan fingerprint density at radius 3 is 2.56 bits per heavy atom. The van der Waals surface area contributed by atoms with Gasteiger partial charge in [-0.1, -0.05) is 38.2 Å². The molecule has 0 saturated heterocycles. The summed E-state index contributed by atoms with van der Waals surface area (Å²) in [6, 6.07) is 0. The van der Waals surface area contributed by atoms with Gasteiger partial charge in [0.2, 0.25) is 0 Å². The lowest BCUT2D eigenvalue weighted by Crippen LogP contribution is -2.33. The minimum atomic E-state index is -1.30. The number of allylic oxidation sites excluding steroid dienone is 3. The zero-order chi connectivity index (χ0) is 12.0. The van der Waals surface area contributed by atoms with Crippen molar-refractivity contribution in [3.63, 3.8) is 0 Å². The van der Waals surface area contributed by atoms with Crippen LogP contribution in [0, 0.1) is 11.3 Å². The van der Waals surface area contributed by atoms with Crippen LogP contribution in [0.2, 0.25) is 24.7 Å². The van der Waals surface area contributed by atoms with Gasteiger partial charge in [0.25, 0.3) is 0 Å². The average Bonchev–Trinajstić information content (AvgIpc) is 2.54. The van der Waals surface area contributed by atoms with Crippen LogP contribution in [0.3, 0.4) is 0 Å². The third-order valence-corrected chi connectivity index (χ3v) is 8.39. The molecular formula is C14H22OSi. The molecule has 0 bridgehead atoms. The zero-order valence-corrected chi connectivity index (χ0v) is 11.8. The first-order valence-electron chi connectivity index (χ1n) is 6.32. The second kappa shape index (κ2) is 3.45. The highest BCUT2D eigenvalue weighted by Crippen LogP contribution is 2.86. The first-order valence-corrected chi connectivity index (χ1v) is 9.82. The lowest BCUT2D eigenvalue weighted by molar-refractivity contribution is 0.550. The largest absolute Gasteiger partial charge is 0.234 e. The highest BCUT2D eigenvalue weighted by atomic mass is 28.3. The van der Waals surface area contributed by atoms with E-state index in [1.165, 1.54) is 19.3 Å². The molecule has 0 aromatic heterocycles. The van der Waals surface area contributed by atoms with E-state index in [1.54, 1.807) is 0 Å². The third kappa shape index (κ3) is 1.15. The molecule has 2 heteroatoms. The van der Waals surface area contributed by atoms with Gasteiger partial charge < -0.3 is 0 Å². The number of carbonyl (C=O) groups excluding carboxylic acids is 1. The van der Waals surface area contributed by atoms with Gasteiger partial charge in [-0.15, -0.1) is 0 Å². The Morgan fingerprint density at radius 2 is 2.06 bits per heavy atom. The maximum absolute atomic E-state index is 10.8. The standard InChI is InChI=1S/C14H22OSi/c1-5-8-14(16(2,3)4)12-7-6-9-13(12,14)10-11-15/h5,8,10,12H,6-7,9H2,1-4H3/b8-5-/t12-,13-,14-/m0/s1. The van der Waals surface area contributed by atoms with Gasteiger partial charge in [-0.3, -0.25) is 0 Å². The maximum Gasteiger partial charge on any atom is 0.120 e. The van der Waals surface area contributed by atoms with E-state index in [1.807, 2.05) is 6.08 Å². The number of hydrogen-bond acceptors (Lipinski definition) is 1. The van der Waals surface area contributed by atoms with E-state index in [0.717, 1.165) is 5.92 Å². The molecule has 0 radical (unpaired) electrons. The van der Waals surface area contributed by atoms with Crippen molar-refractivity contribution in [2.24, 2.45) is 11.3 Å². The summed E-state index contributed by atoms with van der Waals surface area (Å²) >= 11 is 0. The summed E-state index contributed by atoms with van der Waals surface area (Å²) in [6.45, 7) is 9.41. The molecule has 2 fully saturated rings. The van der Waals surface area contributed by atoms with E-state index in [0.29, 0.717) is 5.04 Å². The van der Waals surface area contributed by atoms with E-state index in [9.17, 15) is 4.79 Å². The van der Waals surface area contributed by atoms with Crippen molar-refractivity contribution in [3.8, 4) is 0 Å². The fourth-order valence-electron chi connectivity index (χ4n) is 4.54. The molecule has 0 aromatic rings. The first-order chi connectivity index (χ1) is 7.46. The smallest absolute Gasteiger partial charge is 0.120 e. The molecule has 2 rings (SSSR count). The Morgan fingerprint density at radius 1 is 1.38 bits per heavy atom. The van der Waals surface area contributed by atoms with Crippen molar-refractivity contribution in [2.75, 3.05) is 0 Å². The fourth-order valence-corrected chi connectivity index (χ4v) is 8.35. The normalized spacial score (nSPS) is 41.9. The first kappa shape index (κ1) is 11.9. The van der Waals surface area contributed by atoms with Gasteiger partial charge in [0.15, 0.2) is 0 Å². The quantitative estimate of drug-likeness (QED) is 0.412. The van der Waals surface area contributed by atoms with Crippen molar-refractivity contribution in [1.29, 1.82) is 0 Å². The van der Waals surface area contributed by atoms with Gasteiger partial charge in [0.1, 0.15) is 5.94 Å². The third-order valence-electron chi connectivity index (χ3n) is 4.93. The number of fused-ring (bicyclic) bond motifs is 1. The summed E-state index contributed by atoms with van der Waals surface area (Å²) < 4.78 is 0. The number of rotatable bonds is 3. The molecule has 0 N–H and O–H groups in total. The molecule has 2 aliphatic carbocycles. The Balaban J connectivity index is 2.49. The molecule has 0 aromatic carbocycles. The van der Waals surface area contributed by atoms with E-state index in [2.05, 4.69) is 44.7 Å². The summed E-state index contributed by atoms with van der Waals surface area (Å²) in [4.78, 5) is 10.8. The van der Waals surface area contributed by atoms with Crippen LogP contribution in [0.4, 0.5) is 0 Å². The molecule has 0 heterocycles. The molecule has 3 atom stereocenters. The Bertz CT molecular complexity index is 373. The van der Waals surface area contributed by atoms with Crippen molar-refractivity contribution in [2.45, 2.75) is 50.9 Å². The Labute approximate surface area is 99.6 Å². The minimum Gasteiger partial charge on any atom is -0.234 e. The monoisotopic (exact) mass is 234 g/mol. The summed E-state index contributed by atoms with van der Waals surface area (Å²) in [7, 11) is -1.30. The van der Waals surface area contributed by atoms with Gasteiger partial charge in [0.05, 0.1) is 8.07 Å². The predicted octanol–water partition coefficient (Wildman–Crippen LogP) is 3.83. The maximum atomic E-state index is 10.8. The topological polar surface area (TPSA) is 17.1 Å². The molecular weight excluding hydrogens is 212 g/mol.